The van der Waals surface area contributed by atoms with Crippen molar-refractivity contribution >= 4 is 10.9 Å². The highest BCUT2D eigenvalue weighted by Crippen LogP contribution is 2.20. The summed E-state index contributed by atoms with van der Waals surface area (Å²) in [5.41, 5.74) is 7.47. The summed E-state index contributed by atoms with van der Waals surface area (Å²) in [5.74, 6) is -0.537. The van der Waals surface area contributed by atoms with Gasteiger partial charge in [-0.25, -0.2) is 8.78 Å². The molecule has 2 aromatic carbocycles. The fraction of sp³-hybridized carbons (Fsp3) is 0.125. The first-order valence-corrected chi connectivity index (χ1v) is 6.40. The number of hydrogen-bond donors (Lipinski definition) is 1. The summed E-state index contributed by atoms with van der Waals surface area (Å²) in [6, 6.07) is 11.6. The van der Waals surface area contributed by atoms with Gasteiger partial charge in [-0.3, -0.25) is 0 Å². The van der Waals surface area contributed by atoms with Crippen molar-refractivity contribution in [2.24, 2.45) is 5.73 Å². The van der Waals surface area contributed by atoms with Crippen LogP contribution in [0.4, 0.5) is 8.78 Å². The van der Waals surface area contributed by atoms with Gasteiger partial charge in [-0.1, -0.05) is 18.2 Å². The lowest BCUT2D eigenvalue weighted by Crippen LogP contribution is -2.06. The monoisotopic (exact) mass is 272 g/mol. The van der Waals surface area contributed by atoms with Crippen LogP contribution in [0.1, 0.15) is 11.1 Å². The summed E-state index contributed by atoms with van der Waals surface area (Å²) >= 11 is 0. The summed E-state index contributed by atoms with van der Waals surface area (Å²) in [7, 11) is 0. The van der Waals surface area contributed by atoms with Crippen LogP contribution in [0, 0.1) is 11.6 Å². The second kappa shape index (κ2) is 5.06. The Morgan fingerprint density at radius 3 is 2.60 bits per heavy atom. The molecule has 2 nitrogen and oxygen atoms in total. The van der Waals surface area contributed by atoms with E-state index in [4.69, 9.17) is 5.73 Å². The van der Waals surface area contributed by atoms with Gasteiger partial charge in [-0.05, 0) is 24.3 Å². The van der Waals surface area contributed by atoms with Crippen molar-refractivity contribution in [2.45, 2.75) is 13.1 Å². The maximum absolute atomic E-state index is 14.2. The highest BCUT2D eigenvalue weighted by Gasteiger charge is 2.09. The Bertz CT molecular complexity index is 762. The van der Waals surface area contributed by atoms with Crippen molar-refractivity contribution in [2.75, 3.05) is 0 Å². The van der Waals surface area contributed by atoms with E-state index in [1.54, 1.807) is 24.3 Å². The van der Waals surface area contributed by atoms with Gasteiger partial charge in [0.1, 0.15) is 11.6 Å². The summed E-state index contributed by atoms with van der Waals surface area (Å²) < 4.78 is 29.2. The third-order valence-corrected chi connectivity index (χ3v) is 3.45. The average Bonchev–Trinajstić information content (AvgIpc) is 2.83. The molecule has 1 aromatic heterocycles. The van der Waals surface area contributed by atoms with Crippen LogP contribution in [-0.4, -0.2) is 4.57 Å². The smallest absolute Gasteiger partial charge is 0.132 e. The predicted octanol–water partition coefficient (Wildman–Crippen LogP) is 3.43. The minimum absolute atomic E-state index is 0.178. The molecule has 20 heavy (non-hydrogen) atoms. The first kappa shape index (κ1) is 12.8. The van der Waals surface area contributed by atoms with E-state index in [9.17, 15) is 8.78 Å². The zero-order chi connectivity index (χ0) is 14.1. The molecule has 2 N–H and O–H groups in total. The molecule has 0 unspecified atom stereocenters. The third kappa shape index (κ3) is 2.18. The number of hydrogen-bond acceptors (Lipinski definition) is 1. The molecule has 0 saturated heterocycles. The molecule has 0 aliphatic rings. The summed E-state index contributed by atoms with van der Waals surface area (Å²) in [4.78, 5) is 0. The lowest BCUT2D eigenvalue weighted by molar-refractivity contribution is 0.586. The van der Waals surface area contributed by atoms with E-state index < -0.39 is 0 Å². The van der Waals surface area contributed by atoms with Crippen LogP contribution in [0.5, 0.6) is 0 Å². The van der Waals surface area contributed by atoms with Crippen molar-refractivity contribution in [3.05, 3.63) is 71.4 Å². The summed E-state index contributed by atoms with van der Waals surface area (Å²) in [6.45, 7) is 0.576. The molecule has 0 bridgehead atoms. The van der Waals surface area contributed by atoms with E-state index >= 15 is 0 Å². The fourth-order valence-corrected chi connectivity index (χ4v) is 2.41. The molecule has 0 radical (unpaired) electrons. The second-order valence-electron chi connectivity index (χ2n) is 4.74. The number of benzene rings is 2. The van der Waals surface area contributed by atoms with Gasteiger partial charge in [0.2, 0.25) is 0 Å². The van der Waals surface area contributed by atoms with Crippen molar-refractivity contribution < 1.29 is 8.78 Å². The van der Waals surface area contributed by atoms with Crippen LogP contribution in [0.3, 0.4) is 0 Å². The maximum Gasteiger partial charge on any atom is 0.132 e. The van der Waals surface area contributed by atoms with E-state index in [1.165, 1.54) is 12.1 Å². The van der Waals surface area contributed by atoms with Gasteiger partial charge in [0.25, 0.3) is 0 Å². The molecule has 0 atom stereocenters. The summed E-state index contributed by atoms with van der Waals surface area (Å²) in [6.07, 6.45) is 1.83. The number of halogens is 2. The number of nitrogens with two attached hydrogens (primary N) is 1. The van der Waals surface area contributed by atoms with E-state index in [0.29, 0.717) is 17.7 Å². The van der Waals surface area contributed by atoms with Gasteiger partial charge >= 0.3 is 0 Å². The van der Waals surface area contributed by atoms with Crippen LogP contribution in [0.25, 0.3) is 10.9 Å². The lowest BCUT2D eigenvalue weighted by atomic mass is 10.1. The Morgan fingerprint density at radius 1 is 1.00 bits per heavy atom. The molecule has 0 aliphatic carbocycles. The fourth-order valence-electron chi connectivity index (χ4n) is 2.41. The SMILES string of the molecule is NCc1cccc(Cn2ccc3cc(F)ccc32)c1F. The highest BCUT2D eigenvalue weighted by atomic mass is 19.1. The molecule has 3 aromatic rings. The molecular weight excluding hydrogens is 258 g/mol. The van der Waals surface area contributed by atoms with Crippen LogP contribution in [-0.2, 0) is 13.1 Å². The van der Waals surface area contributed by atoms with Crippen molar-refractivity contribution in [1.29, 1.82) is 0 Å². The van der Waals surface area contributed by atoms with Crippen LogP contribution in [0.2, 0.25) is 0 Å². The van der Waals surface area contributed by atoms with Crippen molar-refractivity contribution in [3.63, 3.8) is 0 Å². The molecule has 0 amide bonds. The molecule has 0 saturated carbocycles. The molecule has 0 aliphatic heterocycles. The summed E-state index contributed by atoms with van der Waals surface area (Å²) in [5, 5.41) is 0.806. The van der Waals surface area contributed by atoms with Crippen LogP contribution >= 0.6 is 0 Å². The molecule has 3 rings (SSSR count). The lowest BCUT2D eigenvalue weighted by Gasteiger charge is -2.09. The number of fused-ring (bicyclic) bond motifs is 1. The molecule has 0 fully saturated rings. The molecule has 1 heterocycles. The van der Waals surface area contributed by atoms with Gasteiger partial charge in [-0.15, -0.1) is 0 Å². The van der Waals surface area contributed by atoms with Crippen LogP contribution < -0.4 is 5.73 Å². The zero-order valence-electron chi connectivity index (χ0n) is 10.8. The molecule has 0 spiro atoms. The van der Waals surface area contributed by atoms with Gasteiger partial charge in [-0.2, -0.15) is 0 Å². The molecule has 4 heteroatoms. The Kier molecular flexibility index (Phi) is 3.24. The quantitative estimate of drug-likeness (QED) is 0.778. The first-order valence-electron chi connectivity index (χ1n) is 6.40. The highest BCUT2D eigenvalue weighted by molar-refractivity contribution is 5.80. The predicted molar refractivity (Wildman–Crippen MR) is 75.3 cm³/mol. The Balaban J connectivity index is 2.01. The van der Waals surface area contributed by atoms with Crippen molar-refractivity contribution in [3.8, 4) is 0 Å². The Labute approximate surface area is 115 Å². The van der Waals surface area contributed by atoms with Gasteiger partial charge in [0.15, 0.2) is 0 Å². The van der Waals surface area contributed by atoms with Crippen LogP contribution in [0.15, 0.2) is 48.7 Å². The number of rotatable bonds is 3. The second-order valence-corrected chi connectivity index (χ2v) is 4.74. The van der Waals surface area contributed by atoms with E-state index in [-0.39, 0.29) is 18.2 Å². The van der Waals surface area contributed by atoms with E-state index in [1.807, 2.05) is 16.8 Å². The normalized spacial score (nSPS) is 11.2. The average molecular weight is 272 g/mol. The maximum atomic E-state index is 14.2. The number of nitrogens with zero attached hydrogens (tertiary/aromatic N) is 1. The zero-order valence-corrected chi connectivity index (χ0v) is 10.8. The Hall–Kier alpha value is -2.20. The number of aromatic nitrogens is 1. The van der Waals surface area contributed by atoms with Gasteiger partial charge in [0.05, 0.1) is 6.54 Å². The largest absolute Gasteiger partial charge is 0.343 e. The standard InChI is InChI=1S/C16H14F2N2/c17-14-4-5-15-11(8-14)6-7-20(15)10-13-3-1-2-12(9-19)16(13)18/h1-8H,9-10,19H2. The molecule has 102 valence electrons. The van der Waals surface area contributed by atoms with Gasteiger partial charge < -0.3 is 10.3 Å². The topological polar surface area (TPSA) is 30.9 Å². The van der Waals surface area contributed by atoms with E-state index in [0.717, 1.165) is 10.9 Å². The van der Waals surface area contributed by atoms with Crippen molar-refractivity contribution in [1.82, 2.24) is 4.57 Å². The van der Waals surface area contributed by atoms with Gasteiger partial charge in [0, 0.05) is 34.8 Å². The first-order chi connectivity index (χ1) is 9.69. The third-order valence-electron chi connectivity index (χ3n) is 3.45. The minimum atomic E-state index is -0.272. The van der Waals surface area contributed by atoms with E-state index in [2.05, 4.69) is 0 Å². The molecular formula is C16H14F2N2. The minimum Gasteiger partial charge on any atom is -0.343 e. The Morgan fingerprint density at radius 2 is 1.80 bits per heavy atom.